The highest BCUT2D eigenvalue weighted by molar-refractivity contribution is 5.95. The van der Waals surface area contributed by atoms with Crippen molar-refractivity contribution in [1.29, 1.82) is 0 Å². The molecule has 1 amide bonds. The number of carbonyl (C=O) groups excluding carboxylic acids is 1. The molecule has 0 radical (unpaired) electrons. The smallest absolute Gasteiger partial charge is 0.254 e. The number of amides is 1. The Morgan fingerprint density at radius 2 is 2.05 bits per heavy atom. The molecule has 0 aliphatic rings. The van der Waals surface area contributed by atoms with E-state index in [-0.39, 0.29) is 17.8 Å². The normalized spacial score (nSPS) is 12.5. The third kappa shape index (κ3) is 3.74. The second-order valence-electron chi connectivity index (χ2n) is 5.57. The van der Waals surface area contributed by atoms with Gasteiger partial charge in [0.05, 0.1) is 11.6 Å². The van der Waals surface area contributed by atoms with Crippen molar-refractivity contribution in [3.05, 3.63) is 58.8 Å². The summed E-state index contributed by atoms with van der Waals surface area (Å²) in [6.07, 6.45) is 0. The van der Waals surface area contributed by atoms with Crippen LogP contribution in [0.5, 0.6) is 0 Å². The number of hydrogen-bond acceptors (Lipinski definition) is 3. The quantitative estimate of drug-likeness (QED) is 0.923. The maximum absolute atomic E-state index is 13.4. The van der Waals surface area contributed by atoms with Crippen molar-refractivity contribution in [3.63, 3.8) is 0 Å². The van der Waals surface area contributed by atoms with Crippen LogP contribution < -0.4 is 5.32 Å². The van der Waals surface area contributed by atoms with Gasteiger partial charge in [-0.1, -0.05) is 12.1 Å². The zero-order chi connectivity index (χ0) is 16.3. The van der Waals surface area contributed by atoms with E-state index in [4.69, 9.17) is 4.42 Å². The predicted molar refractivity (Wildman–Crippen MR) is 83.3 cm³/mol. The van der Waals surface area contributed by atoms with Crippen LogP contribution in [-0.2, 0) is 0 Å². The highest BCUT2D eigenvalue weighted by atomic mass is 19.1. The first-order valence-electron chi connectivity index (χ1n) is 7.15. The molecule has 1 heterocycles. The molecule has 0 saturated heterocycles. The van der Waals surface area contributed by atoms with Crippen LogP contribution in [0.15, 0.2) is 34.7 Å². The summed E-state index contributed by atoms with van der Waals surface area (Å²) in [6, 6.07) is 8.04. The summed E-state index contributed by atoms with van der Waals surface area (Å²) >= 11 is 0. The maximum atomic E-state index is 13.4. The number of halogens is 1. The minimum atomic E-state index is -0.281. The molecule has 4 nitrogen and oxygen atoms in total. The van der Waals surface area contributed by atoms with E-state index in [1.807, 2.05) is 25.1 Å². The highest BCUT2D eigenvalue weighted by Gasteiger charge is 2.18. The van der Waals surface area contributed by atoms with E-state index in [1.54, 1.807) is 26.0 Å². The molecule has 2 aromatic rings. The third-order valence-corrected chi connectivity index (χ3v) is 3.60. The molecule has 0 bridgehead atoms. The van der Waals surface area contributed by atoms with Gasteiger partial charge in [-0.05, 0) is 51.7 Å². The van der Waals surface area contributed by atoms with Crippen LogP contribution in [-0.4, -0.2) is 31.4 Å². The standard InChI is InChI=1S/C17H21FN2O2/c1-11-8-15(12(2)22-11)17(21)19-10-16(20(3)4)13-6-5-7-14(18)9-13/h5-9,16H,10H2,1-4H3,(H,19,21)/t16-/m0/s1. The molecule has 1 aromatic heterocycles. The first-order chi connectivity index (χ1) is 10.4. The van der Waals surface area contributed by atoms with Gasteiger partial charge in [0, 0.05) is 6.54 Å². The summed E-state index contributed by atoms with van der Waals surface area (Å²) in [7, 11) is 3.80. The van der Waals surface area contributed by atoms with E-state index in [2.05, 4.69) is 5.32 Å². The minimum absolute atomic E-state index is 0.104. The molecule has 5 heteroatoms. The zero-order valence-electron chi connectivity index (χ0n) is 13.3. The lowest BCUT2D eigenvalue weighted by Crippen LogP contribution is -2.34. The van der Waals surface area contributed by atoms with Gasteiger partial charge < -0.3 is 14.6 Å². The average molecular weight is 304 g/mol. The lowest BCUT2D eigenvalue weighted by molar-refractivity contribution is 0.0940. The fraction of sp³-hybridized carbons (Fsp3) is 0.353. The molecule has 0 unspecified atom stereocenters. The van der Waals surface area contributed by atoms with Gasteiger partial charge in [0.25, 0.3) is 5.91 Å². The molecule has 22 heavy (non-hydrogen) atoms. The van der Waals surface area contributed by atoms with Crippen LogP contribution in [0.1, 0.15) is 33.5 Å². The van der Waals surface area contributed by atoms with Gasteiger partial charge in [-0.3, -0.25) is 4.79 Å². The Morgan fingerprint density at radius 1 is 1.32 bits per heavy atom. The van der Waals surface area contributed by atoms with E-state index in [9.17, 15) is 9.18 Å². The fourth-order valence-electron chi connectivity index (χ4n) is 2.45. The van der Waals surface area contributed by atoms with Gasteiger partial charge in [-0.25, -0.2) is 4.39 Å². The van der Waals surface area contributed by atoms with Crippen molar-refractivity contribution in [2.75, 3.05) is 20.6 Å². The number of nitrogens with one attached hydrogen (secondary N) is 1. The van der Waals surface area contributed by atoms with E-state index in [1.165, 1.54) is 12.1 Å². The SMILES string of the molecule is Cc1cc(C(=O)NC[C@@H](c2cccc(F)c2)N(C)C)c(C)o1. The summed E-state index contributed by atoms with van der Waals surface area (Å²) in [6.45, 7) is 3.95. The number of benzene rings is 1. The van der Waals surface area contributed by atoms with Crippen LogP contribution in [0, 0.1) is 19.7 Å². The topological polar surface area (TPSA) is 45.5 Å². The molecule has 118 valence electrons. The molecule has 0 saturated carbocycles. The first-order valence-corrected chi connectivity index (χ1v) is 7.15. The Balaban J connectivity index is 2.09. The molecule has 1 aromatic carbocycles. The summed E-state index contributed by atoms with van der Waals surface area (Å²) in [5, 5.41) is 2.89. The van der Waals surface area contributed by atoms with Crippen molar-refractivity contribution in [2.45, 2.75) is 19.9 Å². The lowest BCUT2D eigenvalue weighted by Gasteiger charge is -2.25. The Bertz CT molecular complexity index is 664. The van der Waals surface area contributed by atoms with E-state index in [0.29, 0.717) is 23.6 Å². The van der Waals surface area contributed by atoms with Crippen molar-refractivity contribution >= 4 is 5.91 Å². The fourth-order valence-corrected chi connectivity index (χ4v) is 2.45. The van der Waals surface area contributed by atoms with Crippen molar-refractivity contribution in [3.8, 4) is 0 Å². The van der Waals surface area contributed by atoms with Gasteiger partial charge in [0.2, 0.25) is 0 Å². The van der Waals surface area contributed by atoms with Crippen molar-refractivity contribution in [1.82, 2.24) is 10.2 Å². The molecule has 0 aliphatic carbocycles. The largest absolute Gasteiger partial charge is 0.466 e. The second-order valence-corrected chi connectivity index (χ2v) is 5.57. The lowest BCUT2D eigenvalue weighted by atomic mass is 10.1. The molecular weight excluding hydrogens is 283 g/mol. The third-order valence-electron chi connectivity index (χ3n) is 3.60. The second kappa shape index (κ2) is 6.75. The highest BCUT2D eigenvalue weighted by Crippen LogP contribution is 2.19. The van der Waals surface area contributed by atoms with Crippen LogP contribution in [0.25, 0.3) is 0 Å². The molecule has 0 spiro atoms. The van der Waals surface area contributed by atoms with Gasteiger partial charge in [0.1, 0.15) is 17.3 Å². The Morgan fingerprint density at radius 3 is 2.59 bits per heavy atom. The number of aryl methyl sites for hydroxylation is 2. The van der Waals surface area contributed by atoms with Gasteiger partial charge in [-0.15, -0.1) is 0 Å². The summed E-state index contributed by atoms with van der Waals surface area (Å²) < 4.78 is 18.8. The van der Waals surface area contributed by atoms with Crippen molar-refractivity contribution < 1.29 is 13.6 Å². The predicted octanol–water partition coefficient (Wildman–Crippen LogP) is 3.07. The van der Waals surface area contributed by atoms with Gasteiger partial charge in [-0.2, -0.15) is 0 Å². The Labute approximate surface area is 129 Å². The Kier molecular flexibility index (Phi) is 4.98. The van der Waals surface area contributed by atoms with E-state index >= 15 is 0 Å². The zero-order valence-corrected chi connectivity index (χ0v) is 13.3. The number of likely N-dealkylation sites (N-methyl/N-ethyl adjacent to an activating group) is 1. The summed E-state index contributed by atoms with van der Waals surface area (Å²) in [5.41, 5.74) is 1.36. The molecule has 0 fully saturated rings. The number of nitrogens with zero attached hydrogens (tertiary/aromatic N) is 1. The van der Waals surface area contributed by atoms with E-state index in [0.717, 1.165) is 5.56 Å². The van der Waals surface area contributed by atoms with Crippen LogP contribution in [0.3, 0.4) is 0 Å². The maximum Gasteiger partial charge on any atom is 0.254 e. The number of rotatable bonds is 5. The number of carbonyl (C=O) groups is 1. The minimum Gasteiger partial charge on any atom is -0.466 e. The molecular formula is C17H21FN2O2. The van der Waals surface area contributed by atoms with Crippen LogP contribution in [0.4, 0.5) is 4.39 Å². The Hall–Kier alpha value is -2.14. The van der Waals surface area contributed by atoms with Gasteiger partial charge >= 0.3 is 0 Å². The van der Waals surface area contributed by atoms with Crippen molar-refractivity contribution in [2.24, 2.45) is 0 Å². The molecule has 2 rings (SSSR count). The summed E-state index contributed by atoms with van der Waals surface area (Å²) in [5.74, 6) is 0.841. The van der Waals surface area contributed by atoms with Crippen LogP contribution >= 0.6 is 0 Å². The average Bonchev–Trinajstić information content (AvgIpc) is 2.77. The molecule has 1 N–H and O–H groups in total. The molecule has 0 aliphatic heterocycles. The number of hydrogen-bond donors (Lipinski definition) is 1. The molecule has 1 atom stereocenters. The first kappa shape index (κ1) is 16.2. The monoisotopic (exact) mass is 304 g/mol. The number of furan rings is 1. The summed E-state index contributed by atoms with van der Waals surface area (Å²) in [4.78, 5) is 14.2. The van der Waals surface area contributed by atoms with Crippen LogP contribution in [0.2, 0.25) is 0 Å². The van der Waals surface area contributed by atoms with Gasteiger partial charge in [0.15, 0.2) is 0 Å². The van der Waals surface area contributed by atoms with E-state index < -0.39 is 0 Å².